The number of allylic oxidation sites excluding steroid dienone is 2. The Labute approximate surface area is 182 Å². The predicted molar refractivity (Wildman–Crippen MR) is 113 cm³/mol. The number of para-hydroxylation sites is 1. The van der Waals surface area contributed by atoms with Crippen LogP contribution in [0.25, 0.3) is 0 Å². The van der Waals surface area contributed by atoms with Crippen LogP contribution in [-0.2, 0) is 15.8 Å². The van der Waals surface area contributed by atoms with Crippen LogP contribution in [0.15, 0.2) is 60.7 Å². The molecule has 2 unspecified atom stereocenters. The van der Waals surface area contributed by atoms with E-state index in [0.717, 1.165) is 17.8 Å². The van der Waals surface area contributed by atoms with E-state index in [4.69, 9.17) is 11.6 Å². The molecule has 4 nitrogen and oxygen atoms in total. The highest BCUT2D eigenvalue weighted by Crippen LogP contribution is 2.40. The van der Waals surface area contributed by atoms with Crippen molar-refractivity contribution in [3.8, 4) is 0 Å². The summed E-state index contributed by atoms with van der Waals surface area (Å²) in [6.45, 7) is 0.550. The van der Waals surface area contributed by atoms with Crippen molar-refractivity contribution in [2.24, 2.45) is 17.8 Å². The molecule has 1 heterocycles. The van der Waals surface area contributed by atoms with Crippen LogP contribution in [0, 0.1) is 17.8 Å². The van der Waals surface area contributed by atoms with Crippen LogP contribution in [-0.4, -0.2) is 18.4 Å². The Morgan fingerprint density at radius 2 is 1.87 bits per heavy atom. The summed E-state index contributed by atoms with van der Waals surface area (Å²) in [6.07, 6.45) is 0.274. The lowest BCUT2D eigenvalue weighted by Crippen LogP contribution is -2.51. The van der Waals surface area contributed by atoms with Gasteiger partial charge in [0.1, 0.15) is 0 Å². The molecule has 0 radical (unpaired) electrons. The van der Waals surface area contributed by atoms with Gasteiger partial charge in [-0.2, -0.15) is 13.2 Å². The maximum absolute atomic E-state index is 13.3. The molecule has 2 amide bonds. The van der Waals surface area contributed by atoms with Gasteiger partial charge < -0.3 is 10.2 Å². The fourth-order valence-corrected chi connectivity index (χ4v) is 4.58. The molecule has 0 saturated carbocycles. The lowest BCUT2D eigenvalue weighted by atomic mass is 9.71. The van der Waals surface area contributed by atoms with Gasteiger partial charge >= 0.3 is 6.18 Å². The van der Waals surface area contributed by atoms with Gasteiger partial charge in [-0.25, -0.2) is 0 Å². The molecule has 1 N–H and O–H groups in total. The highest BCUT2D eigenvalue weighted by Gasteiger charge is 2.45. The van der Waals surface area contributed by atoms with E-state index in [-0.39, 0.29) is 17.5 Å². The summed E-state index contributed by atoms with van der Waals surface area (Å²) in [5.74, 6) is -1.92. The predicted octanol–water partition coefficient (Wildman–Crippen LogP) is 5.54. The summed E-state index contributed by atoms with van der Waals surface area (Å²) < 4.78 is 39.4. The first-order chi connectivity index (χ1) is 14.8. The molecule has 2 aromatic carbocycles. The number of alkyl halides is 3. The minimum Gasteiger partial charge on any atom is -0.326 e. The Bertz CT molecular complexity index is 1020. The first-order valence-corrected chi connectivity index (χ1v) is 10.3. The van der Waals surface area contributed by atoms with Crippen LogP contribution in [0.3, 0.4) is 0 Å². The third-order valence-corrected chi connectivity index (χ3v) is 6.18. The second kappa shape index (κ2) is 8.38. The van der Waals surface area contributed by atoms with Crippen molar-refractivity contribution in [3.05, 3.63) is 71.3 Å². The SMILES string of the molecule is O=C(Nc1ccc(Cl)c(C(F)(F)F)c1)[C@H]1CC=CC2CCN(c3ccccc3)C(=O)C21. The molecule has 4 rings (SSSR count). The Kier molecular flexibility index (Phi) is 5.79. The summed E-state index contributed by atoms with van der Waals surface area (Å²) in [7, 11) is 0. The van der Waals surface area contributed by atoms with Crippen LogP contribution >= 0.6 is 11.6 Å². The second-order valence-electron chi connectivity index (χ2n) is 7.76. The van der Waals surface area contributed by atoms with E-state index in [1.165, 1.54) is 6.07 Å². The maximum atomic E-state index is 13.3. The number of anilines is 2. The number of benzene rings is 2. The topological polar surface area (TPSA) is 49.4 Å². The quantitative estimate of drug-likeness (QED) is 0.626. The summed E-state index contributed by atoms with van der Waals surface area (Å²) in [4.78, 5) is 28.0. The Balaban J connectivity index is 1.57. The van der Waals surface area contributed by atoms with E-state index in [2.05, 4.69) is 5.32 Å². The minimum atomic E-state index is -4.63. The first kappa shape index (κ1) is 21.4. The van der Waals surface area contributed by atoms with E-state index in [0.29, 0.717) is 19.4 Å². The highest BCUT2D eigenvalue weighted by atomic mass is 35.5. The molecule has 0 bridgehead atoms. The van der Waals surface area contributed by atoms with Gasteiger partial charge in [-0.1, -0.05) is 42.0 Å². The summed E-state index contributed by atoms with van der Waals surface area (Å²) in [5, 5.41) is 2.12. The van der Waals surface area contributed by atoms with Crippen LogP contribution < -0.4 is 10.2 Å². The first-order valence-electron chi connectivity index (χ1n) is 9.96. The van der Waals surface area contributed by atoms with Gasteiger partial charge in [0.2, 0.25) is 11.8 Å². The van der Waals surface area contributed by atoms with Gasteiger partial charge in [0.05, 0.1) is 22.4 Å². The number of piperidine rings is 1. The number of nitrogens with zero attached hydrogens (tertiary/aromatic N) is 1. The van der Waals surface area contributed by atoms with E-state index in [9.17, 15) is 22.8 Å². The molecular formula is C23H20ClF3N2O2. The fraction of sp³-hybridized carbons (Fsp3) is 0.304. The molecule has 2 aromatic rings. The van der Waals surface area contributed by atoms with Crippen molar-refractivity contribution in [1.29, 1.82) is 0 Å². The smallest absolute Gasteiger partial charge is 0.326 e. The van der Waals surface area contributed by atoms with E-state index in [1.807, 2.05) is 42.5 Å². The molecular weight excluding hydrogens is 429 g/mol. The summed E-state index contributed by atoms with van der Waals surface area (Å²) in [5.41, 5.74) is -0.249. The number of halogens is 4. The number of carbonyl (C=O) groups is 2. The number of carbonyl (C=O) groups excluding carboxylic acids is 2. The van der Waals surface area contributed by atoms with E-state index >= 15 is 0 Å². The normalized spacial score (nSPS) is 23.4. The average Bonchev–Trinajstić information content (AvgIpc) is 2.75. The number of hydrogen-bond acceptors (Lipinski definition) is 2. The molecule has 162 valence electrons. The second-order valence-corrected chi connectivity index (χ2v) is 8.16. The average molecular weight is 449 g/mol. The minimum absolute atomic E-state index is 0.00370. The number of nitrogens with one attached hydrogen (secondary N) is 1. The third-order valence-electron chi connectivity index (χ3n) is 5.85. The Morgan fingerprint density at radius 1 is 1.13 bits per heavy atom. The lowest BCUT2D eigenvalue weighted by Gasteiger charge is -2.41. The van der Waals surface area contributed by atoms with Crippen LogP contribution in [0.5, 0.6) is 0 Å². The van der Waals surface area contributed by atoms with E-state index in [1.54, 1.807) is 4.90 Å². The maximum Gasteiger partial charge on any atom is 0.417 e. The Morgan fingerprint density at radius 3 is 2.58 bits per heavy atom. The largest absolute Gasteiger partial charge is 0.417 e. The lowest BCUT2D eigenvalue weighted by molar-refractivity contribution is -0.137. The summed E-state index contributed by atoms with van der Waals surface area (Å²) in [6, 6.07) is 12.5. The number of hydrogen-bond donors (Lipinski definition) is 1. The molecule has 31 heavy (non-hydrogen) atoms. The molecule has 0 aromatic heterocycles. The number of amides is 2. The van der Waals surface area contributed by atoms with Gasteiger partial charge in [0, 0.05) is 17.9 Å². The van der Waals surface area contributed by atoms with Crippen molar-refractivity contribution in [2.75, 3.05) is 16.8 Å². The molecule has 2 aliphatic rings. The molecule has 1 saturated heterocycles. The molecule has 1 fully saturated rings. The van der Waals surface area contributed by atoms with Crippen LogP contribution in [0.2, 0.25) is 5.02 Å². The van der Waals surface area contributed by atoms with Gasteiger partial charge in [0.15, 0.2) is 0 Å². The van der Waals surface area contributed by atoms with Crippen molar-refractivity contribution in [2.45, 2.75) is 19.0 Å². The molecule has 1 aliphatic heterocycles. The zero-order chi connectivity index (χ0) is 22.2. The molecule has 0 spiro atoms. The van der Waals surface area contributed by atoms with E-state index < -0.39 is 34.5 Å². The number of fused-ring (bicyclic) bond motifs is 1. The molecule has 8 heteroatoms. The monoisotopic (exact) mass is 448 g/mol. The van der Waals surface area contributed by atoms with Crippen molar-refractivity contribution in [3.63, 3.8) is 0 Å². The van der Waals surface area contributed by atoms with Gasteiger partial charge in [-0.05, 0) is 49.1 Å². The Hall–Kier alpha value is -2.80. The van der Waals surface area contributed by atoms with Crippen LogP contribution in [0.4, 0.5) is 24.5 Å². The number of rotatable bonds is 3. The van der Waals surface area contributed by atoms with Crippen molar-refractivity contribution < 1.29 is 22.8 Å². The highest BCUT2D eigenvalue weighted by molar-refractivity contribution is 6.31. The molecule has 1 aliphatic carbocycles. The standard InChI is InChI=1S/C23H20ClF3N2O2/c24-19-10-9-15(13-18(19)23(25,26)27)28-21(30)17-8-4-5-14-11-12-29(22(31)20(14)17)16-6-2-1-3-7-16/h1-7,9-10,13-14,17,20H,8,11-12H2,(H,28,30)/t14?,17-,20?/m0/s1. The van der Waals surface area contributed by atoms with Crippen LogP contribution in [0.1, 0.15) is 18.4 Å². The van der Waals surface area contributed by atoms with Gasteiger partial charge in [-0.3, -0.25) is 9.59 Å². The van der Waals surface area contributed by atoms with Crippen molar-refractivity contribution >= 4 is 34.8 Å². The summed E-state index contributed by atoms with van der Waals surface area (Å²) >= 11 is 5.66. The van der Waals surface area contributed by atoms with Gasteiger partial charge in [-0.15, -0.1) is 0 Å². The fourth-order valence-electron chi connectivity index (χ4n) is 4.35. The third kappa shape index (κ3) is 4.32. The molecule has 3 atom stereocenters. The zero-order valence-corrected chi connectivity index (χ0v) is 17.2. The van der Waals surface area contributed by atoms with Crippen molar-refractivity contribution in [1.82, 2.24) is 0 Å². The zero-order valence-electron chi connectivity index (χ0n) is 16.4. The van der Waals surface area contributed by atoms with Gasteiger partial charge in [0.25, 0.3) is 0 Å².